The van der Waals surface area contributed by atoms with Crippen molar-refractivity contribution in [3.8, 4) is 0 Å². The molecule has 0 aromatic heterocycles. The van der Waals surface area contributed by atoms with Gasteiger partial charge in [0.1, 0.15) is 11.5 Å². The Balaban J connectivity index is 2.15. The molecular formula is C9H13FO. The average molecular weight is 156 g/mol. The van der Waals surface area contributed by atoms with E-state index in [1.54, 1.807) is 0 Å². The zero-order valence-electron chi connectivity index (χ0n) is 6.61. The fourth-order valence-corrected chi connectivity index (χ4v) is 2.51. The van der Waals surface area contributed by atoms with E-state index in [4.69, 9.17) is 0 Å². The third kappa shape index (κ3) is 1.31. The lowest BCUT2D eigenvalue weighted by Crippen LogP contribution is -2.38. The second-order valence-electron chi connectivity index (χ2n) is 4.03. The first-order valence-electron chi connectivity index (χ1n) is 4.39. The van der Waals surface area contributed by atoms with Crippen LogP contribution in [-0.4, -0.2) is 11.5 Å². The highest BCUT2D eigenvalue weighted by Crippen LogP contribution is 2.43. The maximum absolute atomic E-state index is 13.6. The lowest BCUT2D eigenvalue weighted by atomic mass is 9.70. The fraction of sp³-hybridized carbons (Fsp3) is 0.889. The van der Waals surface area contributed by atoms with Gasteiger partial charge in [0.05, 0.1) is 0 Å². The van der Waals surface area contributed by atoms with Gasteiger partial charge in [0.15, 0.2) is 0 Å². The molecule has 11 heavy (non-hydrogen) atoms. The van der Waals surface area contributed by atoms with Gasteiger partial charge < -0.3 is 0 Å². The molecule has 2 aliphatic carbocycles. The van der Waals surface area contributed by atoms with Gasteiger partial charge in [-0.2, -0.15) is 0 Å². The van der Waals surface area contributed by atoms with E-state index in [2.05, 4.69) is 0 Å². The second kappa shape index (κ2) is 2.29. The number of rotatable bonds is 0. The molecule has 2 saturated carbocycles. The number of carbonyl (C=O) groups excluding carboxylic acids is 1. The van der Waals surface area contributed by atoms with E-state index in [1.165, 1.54) is 0 Å². The molecule has 0 radical (unpaired) electrons. The van der Waals surface area contributed by atoms with Crippen molar-refractivity contribution in [2.24, 2.45) is 5.92 Å². The number of Topliss-reactive ketones (excluding diaryl/α,β-unsaturated/α-hetero) is 1. The quantitative estimate of drug-likeness (QED) is 0.525. The highest BCUT2D eigenvalue weighted by Gasteiger charge is 2.42. The number of halogens is 1. The summed E-state index contributed by atoms with van der Waals surface area (Å²) in [4.78, 5) is 11.0. The molecule has 0 N–H and O–H groups in total. The monoisotopic (exact) mass is 156 g/mol. The molecule has 62 valence electrons. The number of hydrogen-bond donors (Lipinski definition) is 0. The third-order valence-corrected chi connectivity index (χ3v) is 2.92. The van der Waals surface area contributed by atoms with Crippen molar-refractivity contribution in [2.75, 3.05) is 0 Å². The minimum absolute atomic E-state index is 0.142. The fourth-order valence-electron chi connectivity index (χ4n) is 2.51. The largest absolute Gasteiger partial charge is 0.300 e. The van der Waals surface area contributed by atoms with Crippen molar-refractivity contribution >= 4 is 5.78 Å². The van der Waals surface area contributed by atoms with Crippen LogP contribution in [0, 0.1) is 5.92 Å². The Labute approximate surface area is 66.0 Å². The van der Waals surface area contributed by atoms with E-state index in [0.29, 0.717) is 25.2 Å². The molecule has 0 heterocycles. The first-order chi connectivity index (χ1) is 5.18. The molecule has 2 bridgehead atoms. The zero-order chi connectivity index (χ0) is 7.90. The van der Waals surface area contributed by atoms with Gasteiger partial charge in [-0.25, -0.2) is 4.39 Å². The highest BCUT2D eigenvalue weighted by molar-refractivity contribution is 5.80. The van der Waals surface area contributed by atoms with Crippen LogP contribution in [0.3, 0.4) is 0 Å². The number of alkyl halides is 1. The normalized spacial score (nSPS) is 44.1. The van der Waals surface area contributed by atoms with Gasteiger partial charge in [-0.15, -0.1) is 0 Å². The van der Waals surface area contributed by atoms with E-state index < -0.39 is 5.67 Å². The molecule has 0 spiro atoms. The summed E-state index contributed by atoms with van der Waals surface area (Å²) < 4.78 is 13.6. The Kier molecular flexibility index (Phi) is 1.51. The Bertz CT molecular complexity index is 190. The van der Waals surface area contributed by atoms with Crippen molar-refractivity contribution < 1.29 is 9.18 Å². The first kappa shape index (κ1) is 7.26. The highest BCUT2D eigenvalue weighted by atomic mass is 19.1. The summed E-state index contributed by atoms with van der Waals surface area (Å²) in [6.45, 7) is 0. The summed E-state index contributed by atoms with van der Waals surface area (Å²) >= 11 is 0. The van der Waals surface area contributed by atoms with E-state index >= 15 is 0 Å². The maximum atomic E-state index is 13.6. The molecule has 0 aliphatic heterocycles. The molecule has 2 aliphatic rings. The topological polar surface area (TPSA) is 17.1 Å². The Morgan fingerprint density at radius 2 is 2.36 bits per heavy atom. The van der Waals surface area contributed by atoms with Crippen LogP contribution < -0.4 is 0 Å². The van der Waals surface area contributed by atoms with Crippen molar-refractivity contribution in [1.29, 1.82) is 0 Å². The lowest BCUT2D eigenvalue weighted by molar-refractivity contribution is -0.128. The second-order valence-corrected chi connectivity index (χ2v) is 4.03. The predicted octanol–water partition coefficient (Wildman–Crippen LogP) is 2.25. The van der Waals surface area contributed by atoms with Gasteiger partial charge in [0.25, 0.3) is 0 Å². The molecule has 0 saturated heterocycles. The number of ketones is 1. The Hall–Kier alpha value is -0.400. The summed E-state index contributed by atoms with van der Waals surface area (Å²) in [6.07, 6.45) is 4.16. The van der Waals surface area contributed by atoms with Crippen LogP contribution in [0.15, 0.2) is 0 Å². The van der Waals surface area contributed by atoms with Gasteiger partial charge in [0.2, 0.25) is 0 Å². The van der Waals surface area contributed by atoms with Crippen LogP contribution in [-0.2, 0) is 4.79 Å². The van der Waals surface area contributed by atoms with Crippen molar-refractivity contribution in [3.05, 3.63) is 0 Å². The molecule has 0 amide bonds. The van der Waals surface area contributed by atoms with Crippen LogP contribution >= 0.6 is 0 Å². The zero-order valence-corrected chi connectivity index (χ0v) is 6.61. The summed E-state index contributed by atoms with van der Waals surface area (Å²) in [5.41, 5.74) is -1.10. The molecule has 0 aromatic rings. The van der Waals surface area contributed by atoms with Crippen molar-refractivity contribution in [3.63, 3.8) is 0 Å². The van der Waals surface area contributed by atoms with Crippen LogP contribution in [0.4, 0.5) is 4.39 Å². The molecule has 2 unspecified atom stereocenters. The Morgan fingerprint density at radius 1 is 1.55 bits per heavy atom. The summed E-state index contributed by atoms with van der Waals surface area (Å²) in [7, 11) is 0. The SMILES string of the molecule is O=C1CC2CCCC(F)(C1)C2. The molecule has 0 aromatic carbocycles. The van der Waals surface area contributed by atoms with Crippen molar-refractivity contribution in [1.82, 2.24) is 0 Å². The maximum Gasteiger partial charge on any atom is 0.136 e. The summed E-state index contributed by atoms with van der Waals surface area (Å²) in [5.74, 6) is 0.512. The van der Waals surface area contributed by atoms with Gasteiger partial charge in [0, 0.05) is 12.8 Å². The van der Waals surface area contributed by atoms with Gasteiger partial charge in [-0.05, 0) is 31.6 Å². The van der Waals surface area contributed by atoms with Gasteiger partial charge in [-0.1, -0.05) is 0 Å². The number of fused-ring (bicyclic) bond motifs is 2. The first-order valence-corrected chi connectivity index (χ1v) is 4.39. The number of carbonyl (C=O) groups is 1. The van der Waals surface area contributed by atoms with Crippen LogP contribution in [0.1, 0.15) is 38.5 Å². The van der Waals surface area contributed by atoms with Crippen LogP contribution in [0.5, 0.6) is 0 Å². The Morgan fingerprint density at radius 3 is 3.09 bits per heavy atom. The van der Waals surface area contributed by atoms with Gasteiger partial charge >= 0.3 is 0 Å². The van der Waals surface area contributed by atoms with E-state index in [-0.39, 0.29) is 12.2 Å². The molecule has 1 nitrogen and oxygen atoms in total. The molecule has 2 rings (SSSR count). The van der Waals surface area contributed by atoms with Crippen LogP contribution in [0.25, 0.3) is 0 Å². The molecular weight excluding hydrogens is 143 g/mol. The van der Waals surface area contributed by atoms with Crippen molar-refractivity contribution in [2.45, 2.75) is 44.2 Å². The minimum Gasteiger partial charge on any atom is -0.300 e. The average Bonchev–Trinajstić information content (AvgIpc) is 1.82. The van der Waals surface area contributed by atoms with Crippen LogP contribution in [0.2, 0.25) is 0 Å². The van der Waals surface area contributed by atoms with E-state index in [1.807, 2.05) is 0 Å². The summed E-state index contributed by atoms with van der Waals surface area (Å²) in [6, 6.07) is 0. The molecule has 2 fully saturated rings. The van der Waals surface area contributed by atoms with E-state index in [0.717, 1.165) is 12.8 Å². The smallest absolute Gasteiger partial charge is 0.136 e. The van der Waals surface area contributed by atoms with Gasteiger partial charge in [-0.3, -0.25) is 4.79 Å². The number of hydrogen-bond acceptors (Lipinski definition) is 1. The molecule has 2 heteroatoms. The lowest BCUT2D eigenvalue weighted by Gasteiger charge is -2.38. The predicted molar refractivity (Wildman–Crippen MR) is 40.0 cm³/mol. The minimum atomic E-state index is -1.10. The standard InChI is InChI=1S/C9H13FO/c10-9-3-1-2-7(5-9)4-8(11)6-9/h7H,1-6H2. The molecule has 2 atom stereocenters. The summed E-state index contributed by atoms with van der Waals surface area (Å²) in [5, 5.41) is 0. The van der Waals surface area contributed by atoms with E-state index in [9.17, 15) is 9.18 Å². The third-order valence-electron chi connectivity index (χ3n) is 2.92.